The molecule has 0 amide bonds. The number of halogens is 1. The quantitative estimate of drug-likeness (QED) is 0.875. The Kier molecular flexibility index (Phi) is 4.30. The van der Waals surface area contributed by atoms with Crippen LogP contribution in [0.3, 0.4) is 0 Å². The Labute approximate surface area is 129 Å². The molecule has 0 saturated carbocycles. The van der Waals surface area contributed by atoms with Crippen molar-refractivity contribution in [2.45, 2.75) is 30.9 Å². The monoisotopic (exact) mass is 327 g/mol. The molecule has 0 aliphatic rings. The zero-order chi connectivity index (χ0) is 15.8. The highest BCUT2D eigenvalue weighted by molar-refractivity contribution is 7.90. The Morgan fingerprint density at radius 1 is 1.38 bits per heavy atom. The van der Waals surface area contributed by atoms with Gasteiger partial charge in [-0.1, -0.05) is 24.6 Å². The van der Waals surface area contributed by atoms with Gasteiger partial charge in [0.15, 0.2) is 9.84 Å². The highest BCUT2D eigenvalue weighted by Crippen LogP contribution is 2.27. The normalized spacial score (nSPS) is 11.8. The maximum atomic E-state index is 12.6. The number of hydrogen-bond acceptors (Lipinski definition) is 4. The van der Waals surface area contributed by atoms with Crippen molar-refractivity contribution in [1.82, 2.24) is 9.78 Å². The smallest absolute Gasteiger partial charge is 0.184 e. The van der Waals surface area contributed by atoms with E-state index in [0.717, 1.165) is 0 Å². The second kappa shape index (κ2) is 5.69. The summed E-state index contributed by atoms with van der Waals surface area (Å²) >= 11 is 6.22. The van der Waals surface area contributed by atoms with E-state index in [2.05, 4.69) is 5.10 Å². The summed E-state index contributed by atoms with van der Waals surface area (Å²) in [6.45, 7) is 3.67. The first-order chi connectivity index (χ1) is 9.76. The van der Waals surface area contributed by atoms with Crippen LogP contribution in [0.4, 0.5) is 5.69 Å². The number of benzene rings is 1. The number of sulfone groups is 1. The molecule has 0 radical (unpaired) electrons. The molecule has 0 fully saturated rings. The first-order valence-corrected chi connectivity index (χ1v) is 8.58. The number of nitrogen functional groups attached to an aromatic ring is 1. The van der Waals surface area contributed by atoms with Crippen molar-refractivity contribution in [2.24, 2.45) is 7.05 Å². The van der Waals surface area contributed by atoms with Gasteiger partial charge in [-0.15, -0.1) is 0 Å². The summed E-state index contributed by atoms with van der Waals surface area (Å²) in [5.74, 6) is -0.195. The summed E-state index contributed by atoms with van der Waals surface area (Å²) < 4.78 is 26.8. The number of nitrogens with zero attached hydrogens (tertiary/aromatic N) is 2. The van der Waals surface area contributed by atoms with Crippen molar-refractivity contribution < 1.29 is 8.42 Å². The van der Waals surface area contributed by atoms with Crippen LogP contribution in [0, 0.1) is 6.92 Å². The number of hydrogen-bond donors (Lipinski definition) is 1. The Hall–Kier alpha value is -1.53. The van der Waals surface area contributed by atoms with Crippen molar-refractivity contribution in [1.29, 1.82) is 0 Å². The molecule has 114 valence electrons. The molecule has 2 rings (SSSR count). The van der Waals surface area contributed by atoms with E-state index in [1.807, 2.05) is 6.92 Å². The molecule has 0 atom stereocenters. The van der Waals surface area contributed by atoms with Gasteiger partial charge in [-0.25, -0.2) is 8.42 Å². The molecule has 21 heavy (non-hydrogen) atoms. The molecular weight excluding hydrogens is 310 g/mol. The molecule has 0 unspecified atom stereocenters. The summed E-state index contributed by atoms with van der Waals surface area (Å²) in [7, 11) is -1.84. The molecule has 2 aromatic rings. The van der Waals surface area contributed by atoms with Crippen molar-refractivity contribution in [3.05, 3.63) is 40.2 Å². The molecule has 7 heteroatoms. The zero-order valence-corrected chi connectivity index (χ0v) is 13.8. The summed E-state index contributed by atoms with van der Waals surface area (Å²) in [5.41, 5.74) is 7.98. The lowest BCUT2D eigenvalue weighted by Gasteiger charge is -2.09. The number of nitrogens with two attached hydrogens (primary N) is 1. The van der Waals surface area contributed by atoms with Gasteiger partial charge in [-0.2, -0.15) is 5.10 Å². The molecule has 5 nitrogen and oxygen atoms in total. The van der Waals surface area contributed by atoms with Crippen LogP contribution in [0.25, 0.3) is 0 Å². The number of aromatic nitrogens is 2. The highest BCUT2D eigenvalue weighted by atomic mass is 35.5. The second-order valence-electron chi connectivity index (χ2n) is 4.97. The molecule has 0 spiro atoms. The van der Waals surface area contributed by atoms with Gasteiger partial charge in [0, 0.05) is 12.7 Å². The molecule has 0 saturated heterocycles. The molecule has 0 aliphatic heterocycles. The SMILES string of the molecule is CCc1nn(C)c(CS(=O)(=O)c2cc(N)ccc2C)c1Cl. The van der Waals surface area contributed by atoms with E-state index in [4.69, 9.17) is 17.3 Å². The fraction of sp³-hybridized carbons (Fsp3) is 0.357. The Morgan fingerprint density at radius 2 is 2.05 bits per heavy atom. The Morgan fingerprint density at radius 3 is 2.62 bits per heavy atom. The van der Waals surface area contributed by atoms with E-state index in [1.165, 1.54) is 10.7 Å². The lowest BCUT2D eigenvalue weighted by molar-refractivity contribution is 0.591. The van der Waals surface area contributed by atoms with Gasteiger partial charge in [0.05, 0.1) is 27.1 Å². The van der Waals surface area contributed by atoms with Gasteiger partial charge in [-0.05, 0) is 31.0 Å². The van der Waals surface area contributed by atoms with Gasteiger partial charge in [-0.3, -0.25) is 4.68 Å². The zero-order valence-electron chi connectivity index (χ0n) is 12.2. The lowest BCUT2D eigenvalue weighted by atomic mass is 10.2. The van der Waals surface area contributed by atoms with Gasteiger partial charge >= 0.3 is 0 Å². The molecule has 0 aliphatic carbocycles. The summed E-state index contributed by atoms with van der Waals surface area (Å²) in [6.07, 6.45) is 0.657. The van der Waals surface area contributed by atoms with Gasteiger partial charge in [0.1, 0.15) is 0 Å². The average molecular weight is 328 g/mol. The second-order valence-corrected chi connectivity index (χ2v) is 7.30. The van der Waals surface area contributed by atoms with Gasteiger partial charge in [0.25, 0.3) is 0 Å². The van der Waals surface area contributed by atoms with Crippen LogP contribution in [-0.4, -0.2) is 18.2 Å². The molecule has 1 aromatic heterocycles. The molecule has 2 N–H and O–H groups in total. The fourth-order valence-electron chi connectivity index (χ4n) is 2.19. The topological polar surface area (TPSA) is 78.0 Å². The third-order valence-corrected chi connectivity index (χ3v) is 5.58. The maximum Gasteiger partial charge on any atom is 0.184 e. The van der Waals surface area contributed by atoms with Crippen molar-refractivity contribution in [3.63, 3.8) is 0 Å². The third kappa shape index (κ3) is 3.06. The van der Waals surface area contributed by atoms with Crippen molar-refractivity contribution >= 4 is 27.1 Å². The van der Waals surface area contributed by atoms with E-state index in [-0.39, 0.29) is 10.6 Å². The van der Waals surface area contributed by atoms with Crippen LogP contribution >= 0.6 is 11.6 Å². The standard InChI is InChI=1S/C14H18ClN3O2S/c1-4-11-14(15)12(18(3)17-11)8-21(19,20)13-7-10(16)6-5-9(13)2/h5-7H,4,8,16H2,1-3H3. The van der Waals surface area contributed by atoms with E-state index in [1.54, 1.807) is 26.1 Å². The largest absolute Gasteiger partial charge is 0.399 e. The minimum Gasteiger partial charge on any atom is -0.399 e. The van der Waals surface area contributed by atoms with Crippen LogP contribution < -0.4 is 5.73 Å². The average Bonchev–Trinajstić information content (AvgIpc) is 2.68. The maximum absolute atomic E-state index is 12.6. The summed E-state index contributed by atoms with van der Waals surface area (Å²) in [4.78, 5) is 0.234. The number of aryl methyl sites for hydroxylation is 3. The predicted octanol–water partition coefficient (Wildman–Crippen LogP) is 2.50. The van der Waals surface area contributed by atoms with E-state index in [9.17, 15) is 8.42 Å². The molecular formula is C14H18ClN3O2S. The van der Waals surface area contributed by atoms with Crippen LogP contribution in [0.15, 0.2) is 23.1 Å². The molecule has 0 bridgehead atoms. The Bertz CT molecular complexity index is 782. The van der Waals surface area contributed by atoms with Crippen molar-refractivity contribution in [2.75, 3.05) is 5.73 Å². The first kappa shape index (κ1) is 15.9. The molecule has 1 aromatic carbocycles. The number of rotatable bonds is 4. The lowest BCUT2D eigenvalue weighted by Crippen LogP contribution is -2.11. The van der Waals surface area contributed by atoms with Gasteiger partial charge < -0.3 is 5.73 Å². The van der Waals surface area contributed by atoms with E-state index in [0.29, 0.717) is 34.1 Å². The highest BCUT2D eigenvalue weighted by Gasteiger charge is 2.23. The summed E-state index contributed by atoms with van der Waals surface area (Å²) in [5, 5.41) is 4.66. The van der Waals surface area contributed by atoms with Crippen molar-refractivity contribution in [3.8, 4) is 0 Å². The summed E-state index contributed by atoms with van der Waals surface area (Å²) in [6, 6.07) is 4.86. The molecule has 1 heterocycles. The minimum atomic E-state index is -3.53. The predicted molar refractivity (Wildman–Crippen MR) is 84.1 cm³/mol. The third-order valence-electron chi connectivity index (χ3n) is 3.38. The van der Waals surface area contributed by atoms with E-state index < -0.39 is 9.84 Å². The van der Waals surface area contributed by atoms with Crippen LogP contribution in [0.1, 0.15) is 23.9 Å². The van der Waals surface area contributed by atoms with E-state index >= 15 is 0 Å². The Balaban J connectivity index is 2.47. The minimum absolute atomic E-state index is 0.195. The van der Waals surface area contributed by atoms with Crippen LogP contribution in [0.5, 0.6) is 0 Å². The number of anilines is 1. The fourth-order valence-corrected chi connectivity index (χ4v) is 4.35. The van der Waals surface area contributed by atoms with Crippen LogP contribution in [0.2, 0.25) is 5.02 Å². The van der Waals surface area contributed by atoms with Crippen LogP contribution in [-0.2, 0) is 29.1 Å². The first-order valence-electron chi connectivity index (χ1n) is 6.55. The van der Waals surface area contributed by atoms with Gasteiger partial charge in [0.2, 0.25) is 0 Å².